The standard InChI is InChI=1S/C15H19N3O2S/c1-4-18-10-11(15(17-18)20-5-2)14(19)16-12-8-6-7-9-13(12)21-3/h6-10H,4-5H2,1-3H3,(H,16,19). The molecule has 5 nitrogen and oxygen atoms in total. The number of nitrogens with one attached hydrogen (secondary N) is 1. The summed E-state index contributed by atoms with van der Waals surface area (Å²) >= 11 is 1.59. The number of thioether (sulfide) groups is 1. The zero-order valence-electron chi connectivity index (χ0n) is 12.4. The number of hydrogen-bond donors (Lipinski definition) is 1. The zero-order valence-corrected chi connectivity index (χ0v) is 13.2. The van der Waals surface area contributed by atoms with Crippen molar-refractivity contribution in [2.24, 2.45) is 0 Å². The van der Waals surface area contributed by atoms with Crippen molar-refractivity contribution in [2.45, 2.75) is 25.3 Å². The number of hydrogen-bond acceptors (Lipinski definition) is 4. The highest BCUT2D eigenvalue weighted by molar-refractivity contribution is 7.98. The second-order valence-electron chi connectivity index (χ2n) is 4.29. The largest absolute Gasteiger partial charge is 0.476 e. The first-order chi connectivity index (χ1) is 10.2. The molecule has 1 amide bonds. The van der Waals surface area contributed by atoms with E-state index in [1.807, 2.05) is 44.4 Å². The number of para-hydroxylation sites is 1. The normalized spacial score (nSPS) is 10.4. The van der Waals surface area contributed by atoms with Crippen molar-refractivity contribution in [1.82, 2.24) is 9.78 Å². The molecule has 1 N–H and O–H groups in total. The fourth-order valence-corrected chi connectivity index (χ4v) is 2.46. The maximum absolute atomic E-state index is 12.5. The average Bonchev–Trinajstić information content (AvgIpc) is 2.91. The SMILES string of the molecule is CCOc1nn(CC)cc1C(=O)Nc1ccccc1SC. The first-order valence-electron chi connectivity index (χ1n) is 6.84. The number of carbonyl (C=O) groups is 1. The molecule has 0 saturated heterocycles. The highest BCUT2D eigenvalue weighted by Gasteiger charge is 2.18. The number of rotatable bonds is 6. The molecular weight excluding hydrogens is 286 g/mol. The molecule has 21 heavy (non-hydrogen) atoms. The van der Waals surface area contributed by atoms with Gasteiger partial charge in [-0.1, -0.05) is 12.1 Å². The molecule has 0 bridgehead atoms. The number of ether oxygens (including phenoxy) is 1. The summed E-state index contributed by atoms with van der Waals surface area (Å²) in [6.07, 6.45) is 3.69. The van der Waals surface area contributed by atoms with E-state index in [0.717, 1.165) is 10.6 Å². The second-order valence-corrected chi connectivity index (χ2v) is 5.14. The summed E-state index contributed by atoms with van der Waals surface area (Å²) in [5.41, 5.74) is 1.25. The third-order valence-corrected chi connectivity index (χ3v) is 3.73. The molecule has 1 aromatic carbocycles. The molecule has 0 saturated carbocycles. The van der Waals surface area contributed by atoms with Crippen LogP contribution in [0.2, 0.25) is 0 Å². The molecule has 0 unspecified atom stereocenters. The van der Waals surface area contributed by atoms with Gasteiger partial charge in [0.05, 0.1) is 12.3 Å². The fourth-order valence-electron chi connectivity index (χ4n) is 1.90. The first-order valence-corrected chi connectivity index (χ1v) is 8.06. The summed E-state index contributed by atoms with van der Waals surface area (Å²) < 4.78 is 7.13. The van der Waals surface area contributed by atoms with Crippen LogP contribution >= 0.6 is 11.8 Å². The predicted molar refractivity (Wildman–Crippen MR) is 85.2 cm³/mol. The molecule has 0 fully saturated rings. The minimum atomic E-state index is -0.209. The number of amides is 1. The van der Waals surface area contributed by atoms with E-state index in [9.17, 15) is 4.79 Å². The third kappa shape index (κ3) is 3.58. The number of aromatic nitrogens is 2. The Bertz CT molecular complexity index is 625. The van der Waals surface area contributed by atoms with Crippen LogP contribution in [0.4, 0.5) is 5.69 Å². The molecule has 0 aliphatic carbocycles. The van der Waals surface area contributed by atoms with Crippen molar-refractivity contribution in [3.63, 3.8) is 0 Å². The molecule has 0 aliphatic heterocycles. The Morgan fingerprint density at radius 2 is 2.14 bits per heavy atom. The number of anilines is 1. The fraction of sp³-hybridized carbons (Fsp3) is 0.333. The van der Waals surface area contributed by atoms with Gasteiger partial charge in [0, 0.05) is 17.6 Å². The van der Waals surface area contributed by atoms with Crippen LogP contribution in [0.5, 0.6) is 5.88 Å². The number of nitrogens with zero attached hydrogens (tertiary/aromatic N) is 2. The Morgan fingerprint density at radius 3 is 2.81 bits per heavy atom. The lowest BCUT2D eigenvalue weighted by Crippen LogP contribution is -2.13. The quantitative estimate of drug-likeness (QED) is 0.832. The first kappa shape index (κ1) is 15.4. The van der Waals surface area contributed by atoms with Gasteiger partial charge < -0.3 is 10.1 Å². The van der Waals surface area contributed by atoms with E-state index in [1.165, 1.54) is 0 Å². The van der Waals surface area contributed by atoms with Gasteiger partial charge in [-0.15, -0.1) is 16.9 Å². The van der Waals surface area contributed by atoms with E-state index in [1.54, 1.807) is 22.6 Å². The summed E-state index contributed by atoms with van der Waals surface area (Å²) in [5.74, 6) is 0.165. The van der Waals surface area contributed by atoms with Crippen molar-refractivity contribution in [3.05, 3.63) is 36.0 Å². The van der Waals surface area contributed by atoms with Crippen LogP contribution in [-0.4, -0.2) is 28.6 Å². The van der Waals surface area contributed by atoms with Gasteiger partial charge in [-0.05, 0) is 32.2 Å². The lowest BCUT2D eigenvalue weighted by atomic mass is 10.2. The predicted octanol–water partition coefficient (Wildman–Crippen LogP) is 3.28. The van der Waals surface area contributed by atoms with Gasteiger partial charge in [0.1, 0.15) is 5.56 Å². The number of benzene rings is 1. The van der Waals surface area contributed by atoms with Crippen LogP contribution in [0.25, 0.3) is 0 Å². The average molecular weight is 305 g/mol. The van der Waals surface area contributed by atoms with E-state index in [-0.39, 0.29) is 5.91 Å². The van der Waals surface area contributed by atoms with Gasteiger partial charge in [0.2, 0.25) is 5.88 Å². The van der Waals surface area contributed by atoms with Crippen molar-refractivity contribution >= 4 is 23.4 Å². The summed E-state index contributed by atoms with van der Waals surface area (Å²) in [6, 6.07) is 7.70. The Labute approximate surface area is 128 Å². The van der Waals surface area contributed by atoms with Crippen LogP contribution in [0.15, 0.2) is 35.4 Å². The van der Waals surface area contributed by atoms with Crippen LogP contribution in [0.3, 0.4) is 0 Å². The minimum absolute atomic E-state index is 0.209. The molecule has 0 atom stereocenters. The minimum Gasteiger partial charge on any atom is -0.476 e. The number of aryl methyl sites for hydroxylation is 1. The van der Waals surface area contributed by atoms with E-state index in [0.29, 0.717) is 24.6 Å². The van der Waals surface area contributed by atoms with Crippen molar-refractivity contribution < 1.29 is 9.53 Å². The molecule has 1 heterocycles. The summed E-state index contributed by atoms with van der Waals surface area (Å²) in [4.78, 5) is 13.5. The maximum atomic E-state index is 12.5. The Kier molecular flexibility index (Phi) is 5.27. The molecule has 2 rings (SSSR count). The molecule has 0 aliphatic rings. The van der Waals surface area contributed by atoms with E-state index < -0.39 is 0 Å². The van der Waals surface area contributed by atoms with Gasteiger partial charge >= 0.3 is 0 Å². The third-order valence-electron chi connectivity index (χ3n) is 2.93. The molecule has 0 spiro atoms. The van der Waals surface area contributed by atoms with Crippen molar-refractivity contribution in [3.8, 4) is 5.88 Å². The van der Waals surface area contributed by atoms with Gasteiger partial charge in [-0.2, -0.15) is 0 Å². The summed E-state index contributed by atoms with van der Waals surface area (Å²) in [6.45, 7) is 5.00. The second kappa shape index (κ2) is 7.17. The van der Waals surface area contributed by atoms with Crippen molar-refractivity contribution in [1.29, 1.82) is 0 Å². The summed E-state index contributed by atoms with van der Waals surface area (Å²) in [5, 5.41) is 7.17. The Hall–Kier alpha value is -1.95. The van der Waals surface area contributed by atoms with Gasteiger partial charge in [0.25, 0.3) is 5.91 Å². The van der Waals surface area contributed by atoms with E-state index in [2.05, 4.69) is 10.4 Å². The molecular formula is C15H19N3O2S. The highest BCUT2D eigenvalue weighted by atomic mass is 32.2. The Balaban J connectivity index is 2.25. The lowest BCUT2D eigenvalue weighted by molar-refractivity contribution is 0.102. The molecule has 112 valence electrons. The van der Waals surface area contributed by atoms with E-state index in [4.69, 9.17) is 4.74 Å². The zero-order chi connectivity index (χ0) is 15.2. The Morgan fingerprint density at radius 1 is 1.38 bits per heavy atom. The van der Waals surface area contributed by atoms with E-state index >= 15 is 0 Å². The smallest absolute Gasteiger partial charge is 0.262 e. The molecule has 0 radical (unpaired) electrons. The van der Waals surface area contributed by atoms with Crippen LogP contribution in [0.1, 0.15) is 24.2 Å². The highest BCUT2D eigenvalue weighted by Crippen LogP contribution is 2.26. The molecule has 1 aromatic heterocycles. The topological polar surface area (TPSA) is 56.2 Å². The van der Waals surface area contributed by atoms with Crippen molar-refractivity contribution in [2.75, 3.05) is 18.2 Å². The van der Waals surface area contributed by atoms with Gasteiger partial charge in [-0.25, -0.2) is 0 Å². The lowest BCUT2D eigenvalue weighted by Gasteiger charge is -2.09. The molecule has 6 heteroatoms. The summed E-state index contributed by atoms with van der Waals surface area (Å²) in [7, 11) is 0. The van der Waals surface area contributed by atoms with Crippen LogP contribution < -0.4 is 10.1 Å². The maximum Gasteiger partial charge on any atom is 0.262 e. The van der Waals surface area contributed by atoms with Gasteiger partial charge in [0.15, 0.2) is 0 Å². The molecule has 2 aromatic rings. The number of carbonyl (C=O) groups excluding carboxylic acids is 1. The van der Waals surface area contributed by atoms with Crippen LogP contribution in [0, 0.1) is 0 Å². The monoisotopic (exact) mass is 305 g/mol. The van der Waals surface area contributed by atoms with Gasteiger partial charge in [-0.3, -0.25) is 9.48 Å². The van der Waals surface area contributed by atoms with Crippen LogP contribution in [-0.2, 0) is 6.54 Å².